The van der Waals surface area contributed by atoms with Crippen LogP contribution >= 0.6 is 0 Å². The third-order valence-electron chi connectivity index (χ3n) is 2.26. The molecule has 0 amide bonds. The Labute approximate surface area is 92.1 Å². The average molecular weight is 229 g/mol. The molecular formula is C11H13F2NO2. The van der Waals surface area contributed by atoms with Gasteiger partial charge in [0.1, 0.15) is 17.7 Å². The maximum absolute atomic E-state index is 12.9. The number of carboxylic acid groups (broad SMARTS) is 1. The van der Waals surface area contributed by atoms with Crippen LogP contribution in [-0.4, -0.2) is 17.1 Å². The zero-order chi connectivity index (χ0) is 12.3. The number of benzene rings is 1. The zero-order valence-corrected chi connectivity index (χ0v) is 9.00. The summed E-state index contributed by atoms with van der Waals surface area (Å²) in [5, 5.41) is 11.4. The van der Waals surface area contributed by atoms with Crippen molar-refractivity contribution in [1.29, 1.82) is 0 Å². The second kappa shape index (κ2) is 5.03. The zero-order valence-electron chi connectivity index (χ0n) is 9.00. The van der Waals surface area contributed by atoms with Crippen LogP contribution in [-0.2, 0) is 4.79 Å². The first-order valence-electron chi connectivity index (χ1n) is 4.85. The van der Waals surface area contributed by atoms with Gasteiger partial charge in [-0.05, 0) is 31.5 Å². The molecule has 0 heterocycles. The first-order chi connectivity index (χ1) is 7.40. The first kappa shape index (κ1) is 12.6. The smallest absolute Gasteiger partial charge is 0.320 e. The van der Waals surface area contributed by atoms with Gasteiger partial charge in [-0.3, -0.25) is 10.1 Å². The Bertz CT molecular complexity index is 375. The minimum Gasteiger partial charge on any atom is -0.480 e. The molecule has 2 N–H and O–H groups in total. The average Bonchev–Trinajstić information content (AvgIpc) is 2.15. The van der Waals surface area contributed by atoms with Gasteiger partial charge >= 0.3 is 5.97 Å². The number of rotatable bonds is 4. The van der Waals surface area contributed by atoms with Crippen LogP contribution in [0, 0.1) is 11.6 Å². The van der Waals surface area contributed by atoms with Crippen LogP contribution in [0.2, 0.25) is 0 Å². The van der Waals surface area contributed by atoms with Gasteiger partial charge < -0.3 is 5.11 Å². The highest BCUT2D eigenvalue weighted by atomic mass is 19.1. The minimum absolute atomic E-state index is 0.380. The molecule has 0 saturated heterocycles. The third kappa shape index (κ3) is 3.27. The number of carboxylic acids is 1. The molecule has 0 saturated carbocycles. The second-order valence-corrected chi connectivity index (χ2v) is 3.65. The molecule has 0 aliphatic carbocycles. The fourth-order valence-electron chi connectivity index (χ4n) is 1.37. The van der Waals surface area contributed by atoms with E-state index in [4.69, 9.17) is 5.11 Å². The molecule has 0 radical (unpaired) electrons. The topological polar surface area (TPSA) is 49.3 Å². The highest BCUT2D eigenvalue weighted by Gasteiger charge is 2.15. The summed E-state index contributed by atoms with van der Waals surface area (Å²) >= 11 is 0. The molecule has 88 valence electrons. The summed E-state index contributed by atoms with van der Waals surface area (Å²) < 4.78 is 25.8. The molecule has 1 aromatic carbocycles. The Morgan fingerprint density at radius 1 is 1.25 bits per heavy atom. The van der Waals surface area contributed by atoms with E-state index in [1.807, 2.05) is 0 Å². The molecule has 0 fully saturated rings. The normalized spacial score (nSPS) is 14.5. The van der Waals surface area contributed by atoms with E-state index in [2.05, 4.69) is 5.32 Å². The summed E-state index contributed by atoms with van der Waals surface area (Å²) in [5.41, 5.74) is 0.380. The molecule has 0 bridgehead atoms. The van der Waals surface area contributed by atoms with Gasteiger partial charge in [0.15, 0.2) is 0 Å². The van der Waals surface area contributed by atoms with E-state index in [0.717, 1.165) is 6.07 Å². The Kier molecular flexibility index (Phi) is 3.95. The van der Waals surface area contributed by atoms with Crippen LogP contribution in [0.4, 0.5) is 8.78 Å². The summed E-state index contributed by atoms with van der Waals surface area (Å²) in [7, 11) is 0. The van der Waals surface area contributed by atoms with Gasteiger partial charge in [-0.1, -0.05) is 0 Å². The summed E-state index contributed by atoms with van der Waals surface area (Å²) in [5.74, 6) is -2.36. The van der Waals surface area contributed by atoms with E-state index >= 15 is 0 Å². The Morgan fingerprint density at radius 2 is 1.75 bits per heavy atom. The van der Waals surface area contributed by atoms with E-state index in [-0.39, 0.29) is 0 Å². The molecule has 0 aliphatic heterocycles. The molecule has 1 rings (SSSR count). The van der Waals surface area contributed by atoms with Crippen molar-refractivity contribution in [3.05, 3.63) is 35.4 Å². The highest BCUT2D eigenvalue weighted by molar-refractivity contribution is 5.72. The molecule has 0 spiro atoms. The van der Waals surface area contributed by atoms with Gasteiger partial charge in [-0.2, -0.15) is 0 Å². The number of hydrogen-bond donors (Lipinski definition) is 2. The highest BCUT2D eigenvalue weighted by Crippen LogP contribution is 2.16. The van der Waals surface area contributed by atoms with E-state index in [0.29, 0.717) is 5.56 Å². The van der Waals surface area contributed by atoms with Crippen LogP contribution in [0.1, 0.15) is 25.5 Å². The lowest BCUT2D eigenvalue weighted by atomic mass is 10.1. The minimum atomic E-state index is -1.01. The van der Waals surface area contributed by atoms with Crippen molar-refractivity contribution in [2.45, 2.75) is 25.9 Å². The monoisotopic (exact) mass is 229 g/mol. The van der Waals surface area contributed by atoms with Crippen LogP contribution in [0.15, 0.2) is 18.2 Å². The summed E-state index contributed by atoms with van der Waals surface area (Å²) in [6.45, 7) is 3.11. The maximum Gasteiger partial charge on any atom is 0.320 e. The van der Waals surface area contributed by atoms with Crippen LogP contribution < -0.4 is 5.32 Å². The lowest BCUT2D eigenvalue weighted by molar-refractivity contribution is -0.139. The van der Waals surface area contributed by atoms with Crippen molar-refractivity contribution in [2.75, 3.05) is 0 Å². The summed E-state index contributed by atoms with van der Waals surface area (Å²) in [6, 6.07) is 1.92. The number of carbonyl (C=O) groups is 1. The third-order valence-corrected chi connectivity index (χ3v) is 2.26. The van der Waals surface area contributed by atoms with E-state index in [1.165, 1.54) is 19.1 Å². The maximum atomic E-state index is 12.9. The fourth-order valence-corrected chi connectivity index (χ4v) is 1.37. The van der Waals surface area contributed by atoms with Crippen LogP contribution in [0.25, 0.3) is 0 Å². The molecule has 2 unspecified atom stereocenters. The Hall–Kier alpha value is -1.49. The van der Waals surface area contributed by atoms with Gasteiger partial charge in [0.25, 0.3) is 0 Å². The van der Waals surface area contributed by atoms with Gasteiger partial charge in [-0.15, -0.1) is 0 Å². The quantitative estimate of drug-likeness (QED) is 0.831. The molecule has 3 nitrogen and oxygen atoms in total. The predicted molar refractivity (Wildman–Crippen MR) is 55.0 cm³/mol. The molecule has 2 atom stereocenters. The number of aliphatic carboxylic acids is 1. The van der Waals surface area contributed by atoms with Crippen LogP contribution in [0.5, 0.6) is 0 Å². The molecule has 0 aliphatic rings. The SMILES string of the molecule is CC(NC(C)c1cc(F)cc(F)c1)C(=O)O. The first-order valence-corrected chi connectivity index (χ1v) is 4.85. The van der Waals surface area contributed by atoms with E-state index in [9.17, 15) is 13.6 Å². The number of hydrogen-bond acceptors (Lipinski definition) is 2. The molecule has 0 aromatic heterocycles. The van der Waals surface area contributed by atoms with Crippen molar-refractivity contribution in [1.82, 2.24) is 5.32 Å². The lowest BCUT2D eigenvalue weighted by Crippen LogP contribution is -2.35. The van der Waals surface area contributed by atoms with Gasteiger partial charge in [-0.25, -0.2) is 8.78 Å². The molecule has 1 aromatic rings. The van der Waals surface area contributed by atoms with Crippen molar-refractivity contribution in [2.24, 2.45) is 0 Å². The number of nitrogens with one attached hydrogen (secondary N) is 1. The van der Waals surface area contributed by atoms with Crippen molar-refractivity contribution >= 4 is 5.97 Å². The Morgan fingerprint density at radius 3 is 2.19 bits per heavy atom. The van der Waals surface area contributed by atoms with Crippen LogP contribution in [0.3, 0.4) is 0 Å². The van der Waals surface area contributed by atoms with Gasteiger partial charge in [0.05, 0.1) is 0 Å². The standard InChI is InChI=1S/C11H13F2NO2/c1-6(14-7(2)11(15)16)8-3-9(12)5-10(13)4-8/h3-7,14H,1-2H3,(H,15,16). The lowest BCUT2D eigenvalue weighted by Gasteiger charge is -2.17. The largest absolute Gasteiger partial charge is 0.480 e. The molecule has 16 heavy (non-hydrogen) atoms. The molecule has 5 heteroatoms. The van der Waals surface area contributed by atoms with Crippen molar-refractivity contribution < 1.29 is 18.7 Å². The van der Waals surface area contributed by atoms with Crippen molar-refractivity contribution in [3.63, 3.8) is 0 Å². The number of halogens is 2. The van der Waals surface area contributed by atoms with E-state index in [1.54, 1.807) is 6.92 Å². The Balaban J connectivity index is 2.80. The van der Waals surface area contributed by atoms with Gasteiger partial charge in [0, 0.05) is 12.1 Å². The summed E-state index contributed by atoms with van der Waals surface area (Å²) in [6.07, 6.45) is 0. The van der Waals surface area contributed by atoms with E-state index < -0.39 is 29.7 Å². The predicted octanol–water partition coefficient (Wildman–Crippen LogP) is 2.09. The fraction of sp³-hybridized carbons (Fsp3) is 0.364. The van der Waals surface area contributed by atoms with Gasteiger partial charge in [0.2, 0.25) is 0 Å². The second-order valence-electron chi connectivity index (χ2n) is 3.65. The molecular weight excluding hydrogens is 216 g/mol. The van der Waals surface area contributed by atoms with Crippen molar-refractivity contribution in [3.8, 4) is 0 Å². The summed E-state index contributed by atoms with van der Waals surface area (Å²) in [4.78, 5) is 10.6.